The highest BCUT2D eigenvalue weighted by Gasteiger charge is 2.51. The minimum atomic E-state index is -1.84. The summed E-state index contributed by atoms with van der Waals surface area (Å²) in [6.07, 6.45) is 0. The van der Waals surface area contributed by atoms with Gasteiger partial charge in [0.15, 0.2) is 0 Å². The third kappa shape index (κ3) is 3.95. The summed E-state index contributed by atoms with van der Waals surface area (Å²) in [4.78, 5) is 43.0. The third-order valence-electron chi connectivity index (χ3n) is 6.32. The van der Waals surface area contributed by atoms with Crippen LogP contribution >= 0.6 is 11.8 Å². The van der Waals surface area contributed by atoms with Gasteiger partial charge in [-0.25, -0.2) is 13.6 Å². The molecule has 0 saturated carbocycles. The van der Waals surface area contributed by atoms with Gasteiger partial charge >= 0.3 is 6.03 Å². The van der Waals surface area contributed by atoms with Gasteiger partial charge in [-0.2, -0.15) is 0 Å². The van der Waals surface area contributed by atoms with Crippen LogP contribution in [-0.4, -0.2) is 35.0 Å². The minimum Gasteiger partial charge on any atom is -0.319 e. The van der Waals surface area contributed by atoms with E-state index in [1.807, 2.05) is 54.6 Å². The summed E-state index contributed by atoms with van der Waals surface area (Å²) < 4.78 is 28.3. The molecule has 3 aromatic carbocycles. The quantitative estimate of drug-likeness (QED) is 0.539. The van der Waals surface area contributed by atoms with Crippen molar-refractivity contribution < 1.29 is 23.2 Å². The number of urea groups is 1. The highest BCUT2D eigenvalue weighted by Crippen LogP contribution is 2.43. The van der Waals surface area contributed by atoms with Crippen molar-refractivity contribution in [3.63, 3.8) is 0 Å². The number of carbonyl (C=O) groups excluding carboxylic acids is 3. The lowest BCUT2D eigenvalue weighted by atomic mass is 9.91. The number of halogens is 2. The molecular formula is C26H21F2N3O3S. The fourth-order valence-corrected chi connectivity index (χ4v) is 5.70. The first-order chi connectivity index (χ1) is 16.8. The van der Waals surface area contributed by atoms with Gasteiger partial charge < -0.3 is 10.2 Å². The molecule has 0 bridgehead atoms. The molecule has 9 heteroatoms. The lowest BCUT2D eigenvalue weighted by molar-refractivity contribution is -0.134. The van der Waals surface area contributed by atoms with Crippen LogP contribution in [0.4, 0.5) is 19.3 Å². The first-order valence-corrected chi connectivity index (χ1v) is 12.0. The fourth-order valence-electron chi connectivity index (χ4n) is 4.53. The molecule has 0 aromatic heterocycles. The van der Waals surface area contributed by atoms with Crippen LogP contribution in [0, 0.1) is 11.6 Å². The molecule has 5 rings (SSSR count). The highest BCUT2D eigenvalue weighted by atomic mass is 32.2. The molecule has 2 heterocycles. The summed E-state index contributed by atoms with van der Waals surface area (Å²) in [7, 11) is 0. The second kappa shape index (κ2) is 8.81. The first kappa shape index (κ1) is 23.0. The fraction of sp³-hybridized carbons (Fsp3) is 0.192. The molecule has 2 aliphatic heterocycles. The van der Waals surface area contributed by atoms with E-state index in [1.165, 1.54) is 6.92 Å². The third-order valence-corrected chi connectivity index (χ3v) is 7.46. The second-order valence-corrected chi connectivity index (χ2v) is 9.60. The Morgan fingerprint density at radius 3 is 2.54 bits per heavy atom. The Bertz CT molecular complexity index is 1340. The van der Waals surface area contributed by atoms with Gasteiger partial charge in [0.1, 0.15) is 23.7 Å². The van der Waals surface area contributed by atoms with E-state index < -0.39 is 41.6 Å². The lowest BCUT2D eigenvalue weighted by Crippen LogP contribution is -2.47. The predicted octanol–water partition coefficient (Wildman–Crippen LogP) is 4.61. The van der Waals surface area contributed by atoms with Crippen molar-refractivity contribution >= 4 is 35.3 Å². The molecule has 178 valence electrons. The Hall–Kier alpha value is -3.72. The number of amides is 4. The molecule has 1 saturated heterocycles. The van der Waals surface area contributed by atoms with Gasteiger partial charge in [0.05, 0.1) is 11.7 Å². The number of hydrogen-bond acceptors (Lipinski definition) is 4. The van der Waals surface area contributed by atoms with Crippen LogP contribution in [0.15, 0.2) is 77.7 Å². The van der Waals surface area contributed by atoms with Crippen molar-refractivity contribution in [2.24, 2.45) is 0 Å². The van der Waals surface area contributed by atoms with Gasteiger partial charge in [-0.3, -0.25) is 14.5 Å². The molecule has 6 nitrogen and oxygen atoms in total. The number of fused-ring (bicyclic) bond motifs is 1. The van der Waals surface area contributed by atoms with Crippen molar-refractivity contribution in [3.05, 3.63) is 95.6 Å². The van der Waals surface area contributed by atoms with E-state index in [0.717, 1.165) is 33.6 Å². The summed E-state index contributed by atoms with van der Waals surface area (Å²) in [5.41, 5.74) is -0.522. The maximum atomic E-state index is 14.5. The van der Waals surface area contributed by atoms with Crippen LogP contribution in [-0.2, 0) is 15.1 Å². The van der Waals surface area contributed by atoms with Crippen LogP contribution in [0.5, 0.6) is 0 Å². The summed E-state index contributed by atoms with van der Waals surface area (Å²) in [6, 6.07) is 18.5. The van der Waals surface area contributed by atoms with Crippen molar-refractivity contribution in [3.8, 4) is 0 Å². The van der Waals surface area contributed by atoms with E-state index in [-0.39, 0.29) is 11.6 Å². The van der Waals surface area contributed by atoms with Crippen LogP contribution in [0.1, 0.15) is 24.1 Å². The molecule has 4 amide bonds. The van der Waals surface area contributed by atoms with Crippen LogP contribution in [0.2, 0.25) is 0 Å². The van der Waals surface area contributed by atoms with Gasteiger partial charge in [0.2, 0.25) is 5.91 Å². The number of rotatable bonds is 4. The number of para-hydroxylation sites is 1. The van der Waals surface area contributed by atoms with Crippen LogP contribution in [0.3, 0.4) is 0 Å². The largest absolute Gasteiger partial charge is 0.325 e. The van der Waals surface area contributed by atoms with Crippen molar-refractivity contribution in [2.75, 3.05) is 17.2 Å². The Kier molecular flexibility index (Phi) is 5.80. The molecule has 0 spiro atoms. The van der Waals surface area contributed by atoms with E-state index >= 15 is 0 Å². The number of thioether (sulfide) groups is 1. The molecular weight excluding hydrogens is 472 g/mol. The van der Waals surface area contributed by atoms with Gasteiger partial charge in [0, 0.05) is 16.2 Å². The number of hydrogen-bond donors (Lipinski definition) is 1. The molecule has 2 atom stereocenters. The number of carbonyl (C=O) groups is 3. The number of benzene rings is 3. The molecule has 0 radical (unpaired) electrons. The normalized spacial score (nSPS) is 21.6. The van der Waals surface area contributed by atoms with Crippen molar-refractivity contribution in [1.29, 1.82) is 0 Å². The molecule has 2 unspecified atom stereocenters. The van der Waals surface area contributed by atoms with Crippen LogP contribution in [0.25, 0.3) is 0 Å². The number of nitrogens with zero attached hydrogens (tertiary/aromatic N) is 2. The summed E-state index contributed by atoms with van der Waals surface area (Å²) in [5, 5.41) is 2.44. The van der Waals surface area contributed by atoms with E-state index in [9.17, 15) is 23.2 Å². The van der Waals surface area contributed by atoms with Gasteiger partial charge in [-0.15, -0.1) is 11.8 Å². The van der Waals surface area contributed by atoms with E-state index in [4.69, 9.17) is 0 Å². The Balaban J connectivity index is 1.47. The van der Waals surface area contributed by atoms with Crippen LogP contribution < -0.4 is 10.2 Å². The van der Waals surface area contributed by atoms with Gasteiger partial charge in [-0.1, -0.05) is 42.5 Å². The zero-order valence-corrected chi connectivity index (χ0v) is 19.5. The smallest absolute Gasteiger partial charge is 0.319 e. The SMILES string of the molecule is CC1(c2cc(F)ccc2F)NC(=O)N(CC(=O)N2c3ccccc3SCC2c2ccccc2)C1=O. The van der Waals surface area contributed by atoms with Crippen molar-refractivity contribution in [2.45, 2.75) is 23.4 Å². The minimum absolute atomic E-state index is 0.298. The summed E-state index contributed by atoms with van der Waals surface area (Å²) in [6.45, 7) is 0.759. The molecule has 3 aromatic rings. The molecule has 35 heavy (non-hydrogen) atoms. The van der Waals surface area contributed by atoms with Gasteiger partial charge in [0.25, 0.3) is 5.91 Å². The average Bonchev–Trinajstić information content (AvgIpc) is 3.08. The standard InChI is InChI=1S/C26H21F2N3O3S/c1-26(18-13-17(27)11-12-19(18)28)24(33)30(25(34)29-26)14-23(32)31-20-9-5-6-10-22(20)35-15-21(31)16-7-3-2-4-8-16/h2-13,21H,14-15H2,1H3,(H,29,34). The molecule has 2 aliphatic rings. The summed E-state index contributed by atoms with van der Waals surface area (Å²) in [5.74, 6) is -2.26. The highest BCUT2D eigenvalue weighted by molar-refractivity contribution is 7.99. The Morgan fingerprint density at radius 1 is 1.06 bits per heavy atom. The molecule has 0 aliphatic carbocycles. The number of anilines is 1. The van der Waals surface area contributed by atoms with E-state index in [1.54, 1.807) is 16.7 Å². The maximum Gasteiger partial charge on any atom is 0.325 e. The molecule has 1 N–H and O–H groups in total. The van der Waals surface area contributed by atoms with Gasteiger partial charge in [-0.05, 0) is 42.8 Å². The first-order valence-electron chi connectivity index (χ1n) is 11.0. The topological polar surface area (TPSA) is 69.7 Å². The molecule has 1 fully saturated rings. The Morgan fingerprint density at radius 2 is 1.77 bits per heavy atom. The van der Waals surface area contributed by atoms with E-state index in [0.29, 0.717) is 11.4 Å². The monoisotopic (exact) mass is 493 g/mol. The number of nitrogens with one attached hydrogen (secondary N) is 1. The zero-order chi connectivity index (χ0) is 24.7. The Labute approximate surface area is 204 Å². The number of imide groups is 1. The van der Waals surface area contributed by atoms with Crippen molar-refractivity contribution in [1.82, 2.24) is 10.2 Å². The summed E-state index contributed by atoms with van der Waals surface area (Å²) >= 11 is 1.63. The average molecular weight is 494 g/mol. The zero-order valence-electron chi connectivity index (χ0n) is 18.7. The lowest BCUT2D eigenvalue weighted by Gasteiger charge is -2.37. The second-order valence-electron chi connectivity index (χ2n) is 8.54. The predicted molar refractivity (Wildman–Crippen MR) is 128 cm³/mol. The van der Waals surface area contributed by atoms with E-state index in [2.05, 4.69) is 5.32 Å². The maximum absolute atomic E-state index is 14.5.